The molecule has 0 atom stereocenters. The molecule has 0 aliphatic rings. The van der Waals surface area contributed by atoms with Gasteiger partial charge >= 0.3 is 21.7 Å². The van der Waals surface area contributed by atoms with Gasteiger partial charge in [0, 0.05) is 0 Å². The zero-order valence-electron chi connectivity index (χ0n) is 6.07. The van der Waals surface area contributed by atoms with Crippen LogP contribution in [-0.2, 0) is 21.7 Å². The van der Waals surface area contributed by atoms with Gasteiger partial charge in [0.15, 0.2) is 0 Å². The van der Waals surface area contributed by atoms with Gasteiger partial charge in [0.1, 0.15) is 0 Å². The normalized spacial score (nSPS) is 9.00. The van der Waals surface area contributed by atoms with Crippen LogP contribution >= 0.6 is 0 Å². The predicted octanol–water partition coefficient (Wildman–Crippen LogP) is 1.35. The third kappa shape index (κ3) is 4.82. The molecule has 0 unspecified atom stereocenters. The van der Waals surface area contributed by atoms with Crippen molar-refractivity contribution in [3.8, 4) is 0 Å². The van der Waals surface area contributed by atoms with Gasteiger partial charge in [-0.15, -0.1) is 0 Å². The maximum Gasteiger partial charge on any atom is 2.00 e. The first-order valence-corrected chi connectivity index (χ1v) is 3.07. The Morgan fingerprint density at radius 2 is 1.12 bits per heavy atom. The molecule has 0 saturated heterocycles. The molecule has 0 aromatic carbocycles. The molecule has 0 aliphatic heterocycles. The molecule has 8 heavy (non-hydrogen) atoms. The summed E-state index contributed by atoms with van der Waals surface area (Å²) in [6.07, 6.45) is 0. The molecule has 0 heterocycles. The standard InChI is InChI=1S/C6H15N.Ti/c1-4-7(5-2)6-3;/h4-6H2,1-3H3;/q;+2. The minimum Gasteiger partial charge on any atom is -0.304 e. The summed E-state index contributed by atoms with van der Waals surface area (Å²) in [5.41, 5.74) is 0. The van der Waals surface area contributed by atoms with Crippen LogP contribution in [0.2, 0.25) is 0 Å². The van der Waals surface area contributed by atoms with Crippen LogP contribution in [0.25, 0.3) is 0 Å². The summed E-state index contributed by atoms with van der Waals surface area (Å²) in [6.45, 7) is 10.1. The Balaban J connectivity index is 0. The molecule has 0 rings (SSSR count). The number of hydrogen-bond donors (Lipinski definition) is 0. The second kappa shape index (κ2) is 7.67. The van der Waals surface area contributed by atoms with Crippen LogP contribution < -0.4 is 0 Å². The van der Waals surface area contributed by atoms with E-state index in [1.54, 1.807) is 0 Å². The summed E-state index contributed by atoms with van der Waals surface area (Å²) in [6, 6.07) is 0. The third-order valence-electron chi connectivity index (χ3n) is 1.34. The molecule has 46 valence electrons. The van der Waals surface area contributed by atoms with Crippen molar-refractivity contribution in [2.75, 3.05) is 19.6 Å². The van der Waals surface area contributed by atoms with Crippen LogP contribution in [0.5, 0.6) is 0 Å². The Kier molecular flexibility index (Phi) is 11.0. The van der Waals surface area contributed by atoms with Gasteiger partial charge in [-0.05, 0) is 19.6 Å². The van der Waals surface area contributed by atoms with Crippen molar-refractivity contribution < 1.29 is 21.7 Å². The van der Waals surface area contributed by atoms with E-state index in [9.17, 15) is 0 Å². The molecule has 2 heteroatoms. The van der Waals surface area contributed by atoms with E-state index in [0.717, 1.165) is 0 Å². The summed E-state index contributed by atoms with van der Waals surface area (Å²) in [5, 5.41) is 0. The van der Waals surface area contributed by atoms with Crippen molar-refractivity contribution in [1.82, 2.24) is 4.90 Å². The average Bonchev–Trinajstić information content (AvgIpc) is 1.72. The van der Waals surface area contributed by atoms with Gasteiger partial charge in [0.25, 0.3) is 0 Å². The third-order valence-corrected chi connectivity index (χ3v) is 1.34. The molecule has 0 N–H and O–H groups in total. The van der Waals surface area contributed by atoms with Crippen molar-refractivity contribution in [1.29, 1.82) is 0 Å². The van der Waals surface area contributed by atoms with Crippen molar-refractivity contribution in [2.24, 2.45) is 0 Å². The molecule has 0 amide bonds. The molecule has 0 aliphatic carbocycles. The molecule has 0 fully saturated rings. The molecule has 0 radical (unpaired) electrons. The van der Waals surface area contributed by atoms with Crippen molar-refractivity contribution >= 4 is 0 Å². The van der Waals surface area contributed by atoms with Crippen LogP contribution in [0.3, 0.4) is 0 Å². The van der Waals surface area contributed by atoms with Gasteiger partial charge in [-0.3, -0.25) is 0 Å². The van der Waals surface area contributed by atoms with Gasteiger partial charge < -0.3 is 4.90 Å². The number of nitrogens with zero attached hydrogens (tertiary/aromatic N) is 1. The predicted molar refractivity (Wildman–Crippen MR) is 33.5 cm³/mol. The Hall–Kier alpha value is 0.674. The van der Waals surface area contributed by atoms with Gasteiger partial charge in [-0.2, -0.15) is 0 Å². The quantitative estimate of drug-likeness (QED) is 0.547. The summed E-state index contributed by atoms with van der Waals surface area (Å²) in [5.74, 6) is 0. The first kappa shape index (κ1) is 11.5. The van der Waals surface area contributed by atoms with Crippen LogP contribution in [0, 0.1) is 0 Å². The van der Waals surface area contributed by atoms with E-state index in [4.69, 9.17) is 0 Å². The molecule has 0 bridgehead atoms. The van der Waals surface area contributed by atoms with Gasteiger partial charge in [-0.1, -0.05) is 20.8 Å². The topological polar surface area (TPSA) is 3.24 Å². The van der Waals surface area contributed by atoms with Crippen LogP contribution in [0.15, 0.2) is 0 Å². The van der Waals surface area contributed by atoms with E-state index in [-0.39, 0.29) is 21.7 Å². The minimum absolute atomic E-state index is 0. The first-order valence-electron chi connectivity index (χ1n) is 3.07. The molecular formula is C6H15NTi+2. The fourth-order valence-corrected chi connectivity index (χ4v) is 0.671. The van der Waals surface area contributed by atoms with Crippen LogP contribution in [0.4, 0.5) is 0 Å². The van der Waals surface area contributed by atoms with E-state index in [1.807, 2.05) is 0 Å². The van der Waals surface area contributed by atoms with Gasteiger partial charge in [0.05, 0.1) is 0 Å². The van der Waals surface area contributed by atoms with Crippen LogP contribution in [-0.4, -0.2) is 24.5 Å². The monoisotopic (exact) mass is 149 g/mol. The molecule has 0 saturated carbocycles. The Morgan fingerprint density at radius 3 is 1.12 bits per heavy atom. The summed E-state index contributed by atoms with van der Waals surface area (Å²) < 4.78 is 0. The fourth-order valence-electron chi connectivity index (χ4n) is 0.671. The fraction of sp³-hybridized carbons (Fsp3) is 1.00. The summed E-state index contributed by atoms with van der Waals surface area (Å²) in [4.78, 5) is 2.38. The molecule has 0 spiro atoms. The first-order chi connectivity index (χ1) is 3.35. The molecule has 0 aromatic heterocycles. The van der Waals surface area contributed by atoms with E-state index < -0.39 is 0 Å². The Labute approximate surface area is 67.3 Å². The SMILES string of the molecule is CCN(CC)CC.[Ti+2]. The largest absolute Gasteiger partial charge is 2.00 e. The molecular weight excluding hydrogens is 134 g/mol. The van der Waals surface area contributed by atoms with Crippen molar-refractivity contribution in [2.45, 2.75) is 20.8 Å². The smallest absolute Gasteiger partial charge is 0.304 e. The van der Waals surface area contributed by atoms with Gasteiger partial charge in [0.2, 0.25) is 0 Å². The van der Waals surface area contributed by atoms with E-state index in [1.165, 1.54) is 19.6 Å². The molecule has 1 nitrogen and oxygen atoms in total. The van der Waals surface area contributed by atoms with Crippen molar-refractivity contribution in [3.63, 3.8) is 0 Å². The Morgan fingerprint density at radius 1 is 0.875 bits per heavy atom. The Bertz CT molecular complexity index is 30.0. The average molecular weight is 149 g/mol. The van der Waals surface area contributed by atoms with E-state index in [2.05, 4.69) is 25.7 Å². The summed E-state index contributed by atoms with van der Waals surface area (Å²) in [7, 11) is 0. The second-order valence-electron chi connectivity index (χ2n) is 1.62. The second-order valence-corrected chi connectivity index (χ2v) is 1.62. The van der Waals surface area contributed by atoms with Crippen LogP contribution in [0.1, 0.15) is 20.8 Å². The van der Waals surface area contributed by atoms with E-state index in [0.29, 0.717) is 0 Å². The number of rotatable bonds is 3. The zero-order valence-corrected chi connectivity index (χ0v) is 7.63. The summed E-state index contributed by atoms with van der Waals surface area (Å²) >= 11 is 0. The van der Waals surface area contributed by atoms with E-state index >= 15 is 0 Å². The maximum absolute atomic E-state index is 2.38. The number of hydrogen-bond acceptors (Lipinski definition) is 1. The molecule has 0 aromatic rings. The van der Waals surface area contributed by atoms with Crippen molar-refractivity contribution in [3.05, 3.63) is 0 Å². The minimum atomic E-state index is 0. The van der Waals surface area contributed by atoms with Gasteiger partial charge in [-0.25, -0.2) is 0 Å². The maximum atomic E-state index is 2.38. The zero-order chi connectivity index (χ0) is 5.70.